The van der Waals surface area contributed by atoms with E-state index in [2.05, 4.69) is 16.7 Å². The summed E-state index contributed by atoms with van der Waals surface area (Å²) in [6, 6.07) is 18.7. The highest BCUT2D eigenvalue weighted by Crippen LogP contribution is 2.22. The number of rotatable bonds is 4. The van der Waals surface area contributed by atoms with Crippen LogP contribution in [0.1, 0.15) is 42.5 Å². The van der Waals surface area contributed by atoms with Gasteiger partial charge in [0.1, 0.15) is 0 Å². The quantitative estimate of drug-likeness (QED) is 0.872. The van der Waals surface area contributed by atoms with Gasteiger partial charge < -0.3 is 10.6 Å². The number of amides is 1. The van der Waals surface area contributed by atoms with Gasteiger partial charge in [0.15, 0.2) is 0 Å². The molecule has 2 aromatic rings. The zero-order chi connectivity index (χ0) is 15.2. The number of anilines is 2. The first-order valence-electron chi connectivity index (χ1n) is 7.96. The topological polar surface area (TPSA) is 41.1 Å². The summed E-state index contributed by atoms with van der Waals surface area (Å²) in [5, 5.41) is 6.41. The molecule has 0 aromatic heterocycles. The Labute approximate surface area is 131 Å². The fraction of sp³-hybridized carbons (Fsp3) is 0.316. The van der Waals surface area contributed by atoms with Crippen molar-refractivity contribution >= 4 is 17.3 Å². The number of hydrogen-bond acceptors (Lipinski definition) is 2. The van der Waals surface area contributed by atoms with Crippen LogP contribution in [-0.2, 0) is 0 Å². The molecule has 0 atom stereocenters. The monoisotopic (exact) mass is 293 g/mol. The van der Waals surface area contributed by atoms with Crippen molar-refractivity contribution in [3.63, 3.8) is 0 Å². The highest BCUT2D eigenvalue weighted by atomic mass is 16.1. The summed E-state index contributed by atoms with van der Waals surface area (Å²) in [5.74, 6) is -0.0908. The van der Waals surface area contributed by atoms with Gasteiger partial charge in [-0.3, -0.25) is 4.79 Å². The second-order valence-corrected chi connectivity index (χ2v) is 5.79. The maximum atomic E-state index is 12.3. The number of carbonyl (C=O) groups is 1. The molecule has 22 heavy (non-hydrogen) atoms. The maximum Gasteiger partial charge on any atom is 0.255 e. The van der Waals surface area contributed by atoms with Crippen molar-refractivity contribution in [2.24, 2.45) is 0 Å². The van der Waals surface area contributed by atoms with E-state index in [9.17, 15) is 4.79 Å². The Morgan fingerprint density at radius 3 is 2.59 bits per heavy atom. The van der Waals surface area contributed by atoms with E-state index in [0.717, 1.165) is 11.4 Å². The number of carbonyl (C=O) groups excluding carboxylic acids is 1. The van der Waals surface area contributed by atoms with Gasteiger partial charge in [-0.15, -0.1) is 0 Å². The first kappa shape index (κ1) is 14.6. The van der Waals surface area contributed by atoms with Crippen molar-refractivity contribution in [2.75, 3.05) is 10.6 Å². The third-order valence-electron chi connectivity index (χ3n) is 4.06. The van der Waals surface area contributed by atoms with Gasteiger partial charge in [-0.1, -0.05) is 43.5 Å². The van der Waals surface area contributed by atoms with E-state index in [1.807, 2.05) is 42.5 Å². The summed E-state index contributed by atoms with van der Waals surface area (Å²) < 4.78 is 0. The average Bonchev–Trinajstić information content (AvgIpc) is 2.57. The van der Waals surface area contributed by atoms with E-state index in [-0.39, 0.29) is 5.91 Å². The van der Waals surface area contributed by atoms with Crippen molar-refractivity contribution < 1.29 is 4.79 Å². The highest BCUT2D eigenvalue weighted by molar-refractivity contribution is 6.04. The van der Waals surface area contributed by atoms with E-state index >= 15 is 0 Å². The van der Waals surface area contributed by atoms with Crippen LogP contribution in [0.5, 0.6) is 0 Å². The van der Waals surface area contributed by atoms with Gasteiger partial charge >= 0.3 is 0 Å². The Morgan fingerprint density at radius 1 is 1.05 bits per heavy atom. The molecule has 3 rings (SSSR count). The molecule has 2 N–H and O–H groups in total. The second kappa shape index (κ2) is 7.12. The Kier molecular flexibility index (Phi) is 4.74. The molecule has 113 valence electrons. The van der Waals surface area contributed by atoms with Crippen molar-refractivity contribution in [1.82, 2.24) is 0 Å². The SMILES string of the molecule is O=C(Nc1ccccc1)c1cc[c]c(NC2CCCCC2)c1. The lowest BCUT2D eigenvalue weighted by molar-refractivity contribution is 0.102. The van der Waals surface area contributed by atoms with Crippen LogP contribution in [0.2, 0.25) is 0 Å². The first-order valence-corrected chi connectivity index (χ1v) is 7.96. The van der Waals surface area contributed by atoms with Crippen LogP contribution in [0.15, 0.2) is 48.5 Å². The molecular weight excluding hydrogens is 272 g/mol. The predicted molar refractivity (Wildman–Crippen MR) is 90.2 cm³/mol. The van der Waals surface area contributed by atoms with Crippen LogP contribution < -0.4 is 10.6 Å². The average molecular weight is 293 g/mol. The fourth-order valence-corrected chi connectivity index (χ4v) is 2.88. The molecule has 1 aliphatic carbocycles. The second-order valence-electron chi connectivity index (χ2n) is 5.79. The Balaban J connectivity index is 1.66. The van der Waals surface area contributed by atoms with E-state index in [1.165, 1.54) is 32.1 Å². The van der Waals surface area contributed by atoms with Gasteiger partial charge in [-0.25, -0.2) is 0 Å². The van der Waals surface area contributed by atoms with Crippen LogP contribution in [-0.4, -0.2) is 11.9 Å². The third-order valence-corrected chi connectivity index (χ3v) is 4.06. The first-order chi connectivity index (χ1) is 10.8. The van der Waals surface area contributed by atoms with Crippen molar-refractivity contribution in [2.45, 2.75) is 38.1 Å². The molecule has 1 fully saturated rings. The molecule has 1 saturated carbocycles. The van der Waals surface area contributed by atoms with Crippen LogP contribution in [0.3, 0.4) is 0 Å². The predicted octanol–water partition coefficient (Wildman–Crippen LogP) is 4.48. The van der Waals surface area contributed by atoms with Gasteiger partial charge in [-0.05, 0) is 37.1 Å². The summed E-state index contributed by atoms with van der Waals surface area (Å²) in [7, 11) is 0. The van der Waals surface area contributed by atoms with Crippen LogP contribution in [0.25, 0.3) is 0 Å². The lowest BCUT2D eigenvalue weighted by atomic mass is 9.95. The molecule has 1 aliphatic rings. The van der Waals surface area contributed by atoms with Gasteiger partial charge in [0.25, 0.3) is 5.91 Å². The van der Waals surface area contributed by atoms with Crippen LogP contribution in [0.4, 0.5) is 11.4 Å². The van der Waals surface area contributed by atoms with Crippen molar-refractivity contribution in [1.29, 1.82) is 0 Å². The summed E-state index contributed by atoms with van der Waals surface area (Å²) >= 11 is 0. The molecule has 0 saturated heterocycles. The third kappa shape index (κ3) is 3.88. The van der Waals surface area contributed by atoms with Gasteiger partial charge in [-0.2, -0.15) is 0 Å². The zero-order valence-corrected chi connectivity index (χ0v) is 12.6. The van der Waals surface area contributed by atoms with Gasteiger partial charge in [0, 0.05) is 29.0 Å². The minimum absolute atomic E-state index is 0.0908. The summed E-state index contributed by atoms with van der Waals surface area (Å²) in [5.41, 5.74) is 2.37. The minimum atomic E-state index is -0.0908. The van der Waals surface area contributed by atoms with Crippen LogP contribution >= 0.6 is 0 Å². The highest BCUT2D eigenvalue weighted by Gasteiger charge is 2.14. The Morgan fingerprint density at radius 2 is 1.82 bits per heavy atom. The van der Waals surface area contributed by atoms with Crippen LogP contribution in [0, 0.1) is 6.07 Å². The molecule has 1 amide bonds. The normalized spacial score (nSPS) is 15.3. The lowest BCUT2D eigenvalue weighted by Gasteiger charge is -2.23. The molecule has 0 unspecified atom stereocenters. The lowest BCUT2D eigenvalue weighted by Crippen LogP contribution is -2.22. The Bertz CT molecular complexity index is 618. The molecule has 0 aliphatic heterocycles. The Hall–Kier alpha value is -2.29. The van der Waals surface area contributed by atoms with E-state index in [0.29, 0.717) is 11.6 Å². The van der Waals surface area contributed by atoms with Crippen molar-refractivity contribution in [3.8, 4) is 0 Å². The number of hydrogen-bond donors (Lipinski definition) is 2. The summed E-state index contributed by atoms with van der Waals surface area (Å²) in [6.07, 6.45) is 6.31. The number of benzene rings is 2. The van der Waals surface area contributed by atoms with E-state index in [4.69, 9.17) is 0 Å². The molecule has 0 heterocycles. The molecule has 3 heteroatoms. The van der Waals surface area contributed by atoms with Gasteiger partial charge in [0.05, 0.1) is 0 Å². The maximum absolute atomic E-state index is 12.3. The largest absolute Gasteiger partial charge is 0.382 e. The van der Waals surface area contributed by atoms with E-state index in [1.54, 1.807) is 6.07 Å². The molecule has 0 spiro atoms. The fourth-order valence-electron chi connectivity index (χ4n) is 2.88. The van der Waals surface area contributed by atoms with Gasteiger partial charge in [0.2, 0.25) is 0 Å². The minimum Gasteiger partial charge on any atom is -0.382 e. The van der Waals surface area contributed by atoms with Crippen molar-refractivity contribution in [3.05, 3.63) is 60.2 Å². The zero-order valence-electron chi connectivity index (χ0n) is 12.6. The standard InChI is InChI=1S/C19H21N2O/c22-19(21-17-11-5-2-6-12-17)15-8-7-13-18(14-15)20-16-9-3-1-4-10-16/h2,5-8,11-12,14,16,20H,1,3-4,9-10H2,(H,21,22). The molecular formula is C19H21N2O. The molecule has 3 nitrogen and oxygen atoms in total. The summed E-state index contributed by atoms with van der Waals surface area (Å²) in [4.78, 5) is 12.3. The summed E-state index contributed by atoms with van der Waals surface area (Å²) in [6.45, 7) is 0. The molecule has 2 aromatic carbocycles. The molecule has 1 radical (unpaired) electrons. The smallest absolute Gasteiger partial charge is 0.255 e. The van der Waals surface area contributed by atoms with E-state index < -0.39 is 0 Å². The number of para-hydroxylation sites is 1. The number of nitrogens with one attached hydrogen (secondary N) is 2. The molecule has 0 bridgehead atoms.